The fraction of sp³-hybridized carbons (Fsp3) is 0.143. The lowest BCUT2D eigenvalue weighted by Gasteiger charge is -2.10. The fourth-order valence-corrected chi connectivity index (χ4v) is 3.33. The first kappa shape index (κ1) is 20.1. The molecule has 0 atom stereocenters. The van der Waals surface area contributed by atoms with Gasteiger partial charge >= 0.3 is 0 Å². The molecule has 0 saturated carbocycles. The molecule has 9 nitrogen and oxygen atoms in total. The number of nitrogens with one attached hydrogen (secondary N) is 2. The van der Waals surface area contributed by atoms with Crippen molar-refractivity contribution in [1.29, 1.82) is 0 Å². The Morgan fingerprint density at radius 3 is 2.71 bits per heavy atom. The van der Waals surface area contributed by atoms with E-state index in [2.05, 4.69) is 20.6 Å². The molecule has 0 fully saturated rings. The molecule has 158 valence electrons. The number of benzene rings is 2. The summed E-state index contributed by atoms with van der Waals surface area (Å²) in [5.74, 6) is -0.524. The molecule has 10 heteroatoms. The maximum Gasteiger partial charge on any atom is 0.275 e. The number of anilines is 1. The minimum atomic E-state index is -0.523. The summed E-state index contributed by atoms with van der Waals surface area (Å²) in [5.41, 5.74) is 8.16. The summed E-state index contributed by atoms with van der Waals surface area (Å²) in [7, 11) is 1.42. The summed E-state index contributed by atoms with van der Waals surface area (Å²) in [6.45, 7) is 1.94. The highest BCUT2D eigenvalue weighted by Gasteiger charge is 2.16. The minimum absolute atomic E-state index is 0.116. The van der Waals surface area contributed by atoms with Gasteiger partial charge in [0.15, 0.2) is 5.82 Å². The normalized spacial score (nSPS) is 10.9. The van der Waals surface area contributed by atoms with Crippen LogP contribution in [0.4, 0.5) is 10.2 Å². The number of halogens is 1. The van der Waals surface area contributed by atoms with Gasteiger partial charge in [-0.25, -0.2) is 14.2 Å². The zero-order valence-electron chi connectivity index (χ0n) is 16.8. The zero-order chi connectivity index (χ0) is 22.1. The molecule has 0 bridgehead atoms. The van der Waals surface area contributed by atoms with Gasteiger partial charge in [-0.2, -0.15) is 10.2 Å². The lowest BCUT2D eigenvalue weighted by molar-refractivity contribution is 0.0947. The Labute approximate surface area is 175 Å². The average molecular weight is 422 g/mol. The van der Waals surface area contributed by atoms with Gasteiger partial charge in [0.1, 0.15) is 17.1 Å². The Kier molecular flexibility index (Phi) is 5.12. The van der Waals surface area contributed by atoms with E-state index in [1.807, 2.05) is 0 Å². The van der Waals surface area contributed by atoms with E-state index in [0.717, 1.165) is 11.6 Å². The lowest BCUT2D eigenvalue weighted by Crippen LogP contribution is -2.23. The van der Waals surface area contributed by atoms with Crippen LogP contribution in [0, 0.1) is 12.7 Å². The number of rotatable bonds is 5. The molecule has 2 aromatic heterocycles. The second-order valence-electron chi connectivity index (χ2n) is 6.85. The molecule has 0 aliphatic carbocycles. The van der Waals surface area contributed by atoms with E-state index in [9.17, 15) is 14.0 Å². The van der Waals surface area contributed by atoms with Crippen molar-refractivity contribution in [2.75, 3.05) is 12.8 Å². The largest absolute Gasteiger partial charge is 0.496 e. The molecule has 31 heavy (non-hydrogen) atoms. The molecular weight excluding hydrogens is 403 g/mol. The summed E-state index contributed by atoms with van der Waals surface area (Å²) in [5, 5.41) is 13.7. The van der Waals surface area contributed by atoms with Crippen molar-refractivity contribution in [3.8, 4) is 11.4 Å². The number of hydrogen-bond acceptors (Lipinski definition) is 6. The number of aryl methyl sites for hydroxylation is 1. The molecule has 2 heterocycles. The third kappa shape index (κ3) is 3.70. The third-order valence-electron chi connectivity index (χ3n) is 4.85. The van der Waals surface area contributed by atoms with Gasteiger partial charge in [0.05, 0.1) is 29.4 Å². The molecule has 0 spiro atoms. The van der Waals surface area contributed by atoms with Crippen LogP contribution in [0.2, 0.25) is 0 Å². The number of methoxy groups -OCH3 is 1. The first-order valence-corrected chi connectivity index (χ1v) is 9.33. The van der Waals surface area contributed by atoms with Crippen molar-refractivity contribution in [3.05, 3.63) is 75.5 Å². The Hall–Kier alpha value is -4.21. The second kappa shape index (κ2) is 7.90. The van der Waals surface area contributed by atoms with Gasteiger partial charge in [0, 0.05) is 6.54 Å². The number of H-pyrrole nitrogens is 1. The van der Waals surface area contributed by atoms with Gasteiger partial charge in [-0.15, -0.1) is 0 Å². The van der Waals surface area contributed by atoms with Crippen molar-refractivity contribution >= 4 is 22.6 Å². The van der Waals surface area contributed by atoms with E-state index in [0.29, 0.717) is 22.3 Å². The Morgan fingerprint density at radius 2 is 2.00 bits per heavy atom. The van der Waals surface area contributed by atoms with Crippen molar-refractivity contribution in [2.24, 2.45) is 0 Å². The summed E-state index contributed by atoms with van der Waals surface area (Å²) < 4.78 is 20.2. The average Bonchev–Trinajstić information content (AvgIpc) is 3.13. The lowest BCUT2D eigenvalue weighted by atomic mass is 10.1. The predicted octanol–water partition coefficient (Wildman–Crippen LogP) is 2.08. The molecule has 0 saturated heterocycles. The predicted molar refractivity (Wildman–Crippen MR) is 113 cm³/mol. The van der Waals surface area contributed by atoms with Crippen LogP contribution in [0.1, 0.15) is 21.6 Å². The highest BCUT2D eigenvalue weighted by Crippen LogP contribution is 2.23. The van der Waals surface area contributed by atoms with Crippen LogP contribution in [0.15, 0.2) is 47.3 Å². The molecule has 1 amide bonds. The van der Waals surface area contributed by atoms with Crippen LogP contribution in [-0.2, 0) is 6.54 Å². The summed E-state index contributed by atoms with van der Waals surface area (Å²) in [6.07, 6.45) is 0. The summed E-state index contributed by atoms with van der Waals surface area (Å²) in [6, 6.07) is 10.9. The molecule has 4 rings (SSSR count). The van der Waals surface area contributed by atoms with E-state index >= 15 is 0 Å². The summed E-state index contributed by atoms with van der Waals surface area (Å²) in [4.78, 5) is 24.5. The van der Waals surface area contributed by atoms with Crippen molar-refractivity contribution < 1.29 is 13.9 Å². The highest BCUT2D eigenvalue weighted by atomic mass is 19.1. The van der Waals surface area contributed by atoms with Crippen molar-refractivity contribution in [1.82, 2.24) is 25.3 Å². The molecule has 0 aliphatic rings. The van der Waals surface area contributed by atoms with Crippen molar-refractivity contribution in [2.45, 2.75) is 13.5 Å². The Bertz CT molecular complexity index is 1340. The van der Waals surface area contributed by atoms with Gasteiger partial charge in [0.25, 0.3) is 11.5 Å². The van der Waals surface area contributed by atoms with E-state index in [1.165, 1.54) is 19.2 Å². The number of fused-ring (bicyclic) bond motifs is 1. The van der Waals surface area contributed by atoms with Gasteiger partial charge < -0.3 is 15.8 Å². The van der Waals surface area contributed by atoms with E-state index in [1.54, 1.807) is 35.9 Å². The molecule has 4 aromatic rings. The van der Waals surface area contributed by atoms with E-state index in [-0.39, 0.29) is 29.2 Å². The molecular formula is C21H19FN6O3. The smallest absolute Gasteiger partial charge is 0.275 e. The fourth-order valence-electron chi connectivity index (χ4n) is 3.33. The molecule has 0 radical (unpaired) electrons. The molecule has 0 aliphatic heterocycles. The number of aromatic amines is 1. The minimum Gasteiger partial charge on any atom is -0.496 e. The first-order valence-electron chi connectivity index (χ1n) is 9.33. The Morgan fingerprint density at radius 1 is 1.26 bits per heavy atom. The monoisotopic (exact) mass is 422 g/mol. The van der Waals surface area contributed by atoms with Crippen molar-refractivity contribution in [3.63, 3.8) is 0 Å². The second-order valence-corrected chi connectivity index (χ2v) is 6.85. The third-order valence-corrected chi connectivity index (χ3v) is 4.85. The van der Waals surface area contributed by atoms with Crippen LogP contribution in [-0.4, -0.2) is 33.0 Å². The number of ether oxygens (including phenoxy) is 1. The quantitative estimate of drug-likeness (QED) is 0.452. The number of aromatic nitrogens is 4. The number of hydrogen-bond donors (Lipinski definition) is 3. The zero-order valence-corrected chi connectivity index (χ0v) is 16.8. The van der Waals surface area contributed by atoms with E-state index < -0.39 is 11.7 Å². The van der Waals surface area contributed by atoms with Crippen LogP contribution in [0.25, 0.3) is 16.6 Å². The van der Waals surface area contributed by atoms with Crippen LogP contribution in [0.3, 0.4) is 0 Å². The number of carbonyl (C=O) groups excluding carboxylic acids is 1. The standard InChI is InChI=1S/C21H19FN6O3/c1-11-17-18(19(23)25-26-21(17)30)28(27-11)14-6-3-12(4-7-14)10-24-20(29)15-9-13(22)5-8-16(15)31-2/h3-9H,10H2,1-2H3,(H2,23,25)(H,24,29)(H,26,30). The number of nitrogens with two attached hydrogens (primary N) is 1. The van der Waals surface area contributed by atoms with Crippen LogP contribution in [0.5, 0.6) is 5.75 Å². The van der Waals surface area contributed by atoms with Crippen LogP contribution < -0.4 is 21.3 Å². The van der Waals surface area contributed by atoms with Crippen LogP contribution >= 0.6 is 0 Å². The molecule has 4 N–H and O–H groups in total. The number of nitrogens with zero attached hydrogens (tertiary/aromatic N) is 3. The maximum absolute atomic E-state index is 13.5. The first-order chi connectivity index (χ1) is 14.9. The van der Waals surface area contributed by atoms with E-state index in [4.69, 9.17) is 10.5 Å². The van der Waals surface area contributed by atoms with Gasteiger partial charge in [-0.1, -0.05) is 12.1 Å². The molecule has 0 unspecified atom stereocenters. The Balaban J connectivity index is 1.56. The van der Waals surface area contributed by atoms with Gasteiger partial charge in [-0.05, 0) is 42.8 Å². The topological polar surface area (TPSA) is 128 Å². The number of carbonyl (C=O) groups is 1. The maximum atomic E-state index is 13.5. The number of nitrogen functional groups attached to an aromatic ring is 1. The highest BCUT2D eigenvalue weighted by molar-refractivity contribution is 5.97. The molecule has 2 aromatic carbocycles. The van der Waals surface area contributed by atoms with Gasteiger partial charge in [0.2, 0.25) is 0 Å². The SMILES string of the molecule is COc1ccc(F)cc1C(=O)NCc1ccc(-n2nc(C)c3c(=O)[nH]nc(N)c32)cc1. The van der Waals surface area contributed by atoms with Gasteiger partial charge in [-0.3, -0.25) is 9.59 Å². The summed E-state index contributed by atoms with van der Waals surface area (Å²) >= 11 is 0. The number of amides is 1.